The third-order valence-corrected chi connectivity index (χ3v) is 6.25. The maximum absolute atomic E-state index is 9.89. The van der Waals surface area contributed by atoms with Gasteiger partial charge in [-0.05, 0) is 36.8 Å². The number of rotatable bonds is 3. The summed E-state index contributed by atoms with van der Waals surface area (Å²) in [7, 11) is 0. The number of aliphatic hydroxyl groups excluding tert-OH is 1. The summed E-state index contributed by atoms with van der Waals surface area (Å²) in [5.74, 6) is 1.85. The Bertz CT molecular complexity index is 833. The summed E-state index contributed by atoms with van der Waals surface area (Å²) in [6, 6.07) is 5.56. The van der Waals surface area contributed by atoms with Crippen molar-refractivity contribution in [1.82, 2.24) is 9.97 Å². The van der Waals surface area contributed by atoms with Crippen molar-refractivity contribution in [2.45, 2.75) is 25.5 Å². The minimum atomic E-state index is -0.224. The van der Waals surface area contributed by atoms with Crippen LogP contribution >= 0.6 is 23.2 Å². The van der Waals surface area contributed by atoms with E-state index in [9.17, 15) is 5.11 Å². The van der Waals surface area contributed by atoms with Crippen LogP contribution in [-0.2, 0) is 6.61 Å². The van der Waals surface area contributed by atoms with E-state index in [1.54, 1.807) is 18.2 Å². The number of nitrogens with two attached hydrogens (primary N) is 2. The van der Waals surface area contributed by atoms with Gasteiger partial charge in [-0.3, -0.25) is 0 Å². The Kier molecular flexibility index (Phi) is 4.69. The highest BCUT2D eigenvalue weighted by molar-refractivity contribution is 6.43. The predicted octanol–water partition coefficient (Wildman–Crippen LogP) is 2.70. The van der Waals surface area contributed by atoms with E-state index in [-0.39, 0.29) is 6.61 Å². The van der Waals surface area contributed by atoms with Crippen LogP contribution in [0.4, 0.5) is 11.5 Å². The molecule has 1 aliphatic carbocycles. The molecular weight excluding hydrogens is 373 g/mol. The minimum Gasteiger partial charge on any atom is -0.390 e. The largest absolute Gasteiger partial charge is 0.390 e. The maximum Gasteiger partial charge on any atom is 0.163 e. The zero-order valence-electron chi connectivity index (χ0n) is 14.2. The second-order valence-electron chi connectivity index (χ2n) is 7.14. The van der Waals surface area contributed by atoms with Gasteiger partial charge in [0.15, 0.2) is 11.6 Å². The number of anilines is 2. The van der Waals surface area contributed by atoms with E-state index >= 15 is 0 Å². The van der Waals surface area contributed by atoms with Crippen molar-refractivity contribution >= 4 is 34.7 Å². The normalized spacial score (nSPS) is 24.9. The lowest BCUT2D eigenvalue weighted by atomic mass is 10.0. The van der Waals surface area contributed by atoms with Crippen LogP contribution in [0, 0.1) is 11.8 Å². The zero-order chi connectivity index (χ0) is 18.4. The van der Waals surface area contributed by atoms with Crippen molar-refractivity contribution in [2.24, 2.45) is 17.6 Å². The van der Waals surface area contributed by atoms with E-state index in [2.05, 4.69) is 14.9 Å². The summed E-state index contributed by atoms with van der Waals surface area (Å²) in [6.45, 7) is 1.52. The van der Waals surface area contributed by atoms with E-state index in [0.717, 1.165) is 31.6 Å². The molecule has 1 aromatic heterocycles. The van der Waals surface area contributed by atoms with Crippen LogP contribution in [0.3, 0.4) is 0 Å². The molecule has 2 aromatic rings. The molecule has 8 heteroatoms. The Morgan fingerprint density at radius 1 is 1.15 bits per heavy atom. The van der Waals surface area contributed by atoms with Gasteiger partial charge in [0.2, 0.25) is 0 Å². The van der Waals surface area contributed by atoms with Crippen molar-refractivity contribution in [3.63, 3.8) is 0 Å². The molecule has 0 radical (unpaired) electrons. The third kappa shape index (κ3) is 3.01. The molecule has 6 nitrogen and oxygen atoms in total. The molecule has 26 heavy (non-hydrogen) atoms. The summed E-state index contributed by atoms with van der Waals surface area (Å²) >= 11 is 12.4. The van der Waals surface area contributed by atoms with Gasteiger partial charge in [0.1, 0.15) is 5.69 Å². The van der Waals surface area contributed by atoms with E-state index in [1.807, 2.05) is 0 Å². The molecule has 4 rings (SSSR count). The fourth-order valence-corrected chi connectivity index (χ4v) is 4.69. The lowest BCUT2D eigenvalue weighted by Crippen LogP contribution is -2.27. The molecule has 0 spiro atoms. The van der Waals surface area contributed by atoms with Crippen molar-refractivity contribution in [3.05, 3.63) is 33.9 Å². The fourth-order valence-electron chi connectivity index (χ4n) is 4.30. The lowest BCUT2D eigenvalue weighted by Gasteiger charge is -2.24. The molecule has 1 saturated carbocycles. The highest BCUT2D eigenvalue weighted by Crippen LogP contribution is 2.42. The van der Waals surface area contributed by atoms with Crippen LogP contribution in [0.1, 0.15) is 18.5 Å². The number of aliphatic hydroxyl groups is 1. The first kappa shape index (κ1) is 17.8. The van der Waals surface area contributed by atoms with Crippen LogP contribution < -0.4 is 16.4 Å². The Labute approximate surface area is 162 Å². The lowest BCUT2D eigenvalue weighted by molar-refractivity contribution is 0.277. The van der Waals surface area contributed by atoms with Crippen LogP contribution in [0.2, 0.25) is 10.0 Å². The standard InChI is InChI=1S/C18H21Cl2N5O/c19-13-3-1-2-12(15(13)20)18-23-14(8-26)16(17(22)24-18)25-6-9-4-11(21)5-10(9)7-25/h1-3,9-11,26H,4-8,21H2,(H2,22,23,24). The van der Waals surface area contributed by atoms with Gasteiger partial charge in [-0.1, -0.05) is 29.3 Å². The number of halogens is 2. The van der Waals surface area contributed by atoms with Crippen molar-refractivity contribution in [2.75, 3.05) is 23.7 Å². The van der Waals surface area contributed by atoms with Crippen LogP contribution in [0.15, 0.2) is 18.2 Å². The maximum atomic E-state index is 9.89. The van der Waals surface area contributed by atoms with Crippen molar-refractivity contribution in [3.8, 4) is 11.4 Å². The molecule has 2 fully saturated rings. The molecular formula is C18H21Cl2N5O. The quantitative estimate of drug-likeness (QED) is 0.740. The van der Waals surface area contributed by atoms with Crippen LogP contribution in [0.5, 0.6) is 0 Å². The third-order valence-electron chi connectivity index (χ3n) is 5.43. The number of nitrogen functional groups attached to an aromatic ring is 1. The summed E-state index contributed by atoms with van der Waals surface area (Å²) in [5, 5.41) is 10.7. The molecule has 1 aliphatic heterocycles. The summed E-state index contributed by atoms with van der Waals surface area (Å²) in [6.07, 6.45) is 2.07. The van der Waals surface area contributed by atoms with Gasteiger partial charge >= 0.3 is 0 Å². The van der Waals surface area contributed by atoms with Gasteiger partial charge in [-0.25, -0.2) is 9.97 Å². The first-order valence-corrected chi connectivity index (χ1v) is 9.45. The van der Waals surface area contributed by atoms with Gasteiger partial charge in [0, 0.05) is 24.7 Å². The van der Waals surface area contributed by atoms with Crippen molar-refractivity contribution < 1.29 is 5.11 Å². The van der Waals surface area contributed by atoms with Gasteiger partial charge in [-0.2, -0.15) is 0 Å². The average Bonchev–Trinajstić information content (AvgIpc) is 3.13. The van der Waals surface area contributed by atoms with E-state index < -0.39 is 0 Å². The number of nitrogens with zero attached hydrogens (tertiary/aromatic N) is 3. The van der Waals surface area contributed by atoms with E-state index in [4.69, 9.17) is 34.7 Å². The SMILES string of the molecule is Nc1nc(-c2cccc(Cl)c2Cl)nc(CO)c1N1CC2CC(N)CC2C1. The Morgan fingerprint density at radius 3 is 2.50 bits per heavy atom. The van der Waals surface area contributed by atoms with E-state index in [1.165, 1.54) is 0 Å². The second kappa shape index (κ2) is 6.85. The molecule has 0 amide bonds. The summed E-state index contributed by atoms with van der Waals surface area (Å²) < 4.78 is 0. The number of aromatic nitrogens is 2. The molecule has 138 valence electrons. The molecule has 2 atom stereocenters. The predicted molar refractivity (Wildman–Crippen MR) is 104 cm³/mol. The molecule has 2 aliphatic rings. The first-order valence-electron chi connectivity index (χ1n) is 8.70. The zero-order valence-corrected chi connectivity index (χ0v) is 15.7. The highest BCUT2D eigenvalue weighted by atomic mass is 35.5. The molecule has 0 bridgehead atoms. The Balaban J connectivity index is 1.70. The number of fused-ring (bicyclic) bond motifs is 1. The molecule has 2 unspecified atom stereocenters. The Morgan fingerprint density at radius 2 is 1.85 bits per heavy atom. The first-order chi connectivity index (χ1) is 12.5. The van der Waals surface area contributed by atoms with Crippen molar-refractivity contribution in [1.29, 1.82) is 0 Å². The average molecular weight is 394 g/mol. The van der Waals surface area contributed by atoms with Crippen LogP contribution in [0.25, 0.3) is 11.4 Å². The van der Waals surface area contributed by atoms with E-state index in [0.29, 0.717) is 50.8 Å². The highest BCUT2D eigenvalue weighted by Gasteiger charge is 2.41. The monoisotopic (exact) mass is 393 g/mol. The Hall–Kier alpha value is -1.60. The minimum absolute atomic E-state index is 0.224. The van der Waals surface area contributed by atoms with Crippen LogP contribution in [-0.4, -0.2) is 34.2 Å². The fraction of sp³-hybridized carbons (Fsp3) is 0.444. The van der Waals surface area contributed by atoms with Gasteiger partial charge in [-0.15, -0.1) is 0 Å². The molecule has 1 saturated heterocycles. The number of benzene rings is 1. The molecule has 5 N–H and O–H groups in total. The van der Waals surface area contributed by atoms with Gasteiger partial charge in [0.25, 0.3) is 0 Å². The van der Waals surface area contributed by atoms with Gasteiger partial charge in [0.05, 0.1) is 22.3 Å². The number of hydrogen-bond acceptors (Lipinski definition) is 6. The topological polar surface area (TPSA) is 101 Å². The summed E-state index contributed by atoms with van der Waals surface area (Å²) in [4.78, 5) is 11.2. The summed E-state index contributed by atoms with van der Waals surface area (Å²) in [5.41, 5.74) is 14.2. The van der Waals surface area contributed by atoms with Gasteiger partial charge < -0.3 is 21.5 Å². The second-order valence-corrected chi connectivity index (χ2v) is 7.93. The number of hydrogen-bond donors (Lipinski definition) is 3. The molecule has 1 aromatic carbocycles. The molecule has 2 heterocycles. The smallest absolute Gasteiger partial charge is 0.163 e.